The molecule has 1 aliphatic carbocycles. The normalized spacial score (nSPS) is 35.4. The maximum Gasteiger partial charge on any atom is 0.0212 e. The van der Waals surface area contributed by atoms with Crippen LogP contribution in [0.25, 0.3) is 0 Å². The van der Waals surface area contributed by atoms with Crippen LogP contribution in [0.2, 0.25) is 0 Å². The van der Waals surface area contributed by atoms with Gasteiger partial charge >= 0.3 is 0 Å². The van der Waals surface area contributed by atoms with Crippen molar-refractivity contribution in [3.8, 4) is 0 Å². The average Bonchev–Trinajstić information content (AvgIpc) is 2.59. The van der Waals surface area contributed by atoms with Crippen molar-refractivity contribution in [2.45, 2.75) is 70.5 Å². The molecule has 1 aliphatic heterocycles. The van der Waals surface area contributed by atoms with Crippen LogP contribution in [0.4, 0.5) is 0 Å². The Balaban J connectivity index is 1.76. The molecule has 1 heterocycles. The lowest BCUT2D eigenvalue weighted by atomic mass is 9.84. The highest BCUT2D eigenvalue weighted by Crippen LogP contribution is 2.27. The molecule has 0 aromatic heterocycles. The fraction of sp³-hybridized carbons (Fsp3) is 1.00. The van der Waals surface area contributed by atoms with E-state index in [1.54, 1.807) is 0 Å². The standard InChI is InChI=1S/C14H28N2/c1-11-9-14(10-16(11)3)15-12(2)13-7-5-4-6-8-13/h11-15H,4-10H2,1-3H3/t11?,12-,14?/m0/s1. The van der Waals surface area contributed by atoms with Gasteiger partial charge in [-0.2, -0.15) is 0 Å². The van der Waals surface area contributed by atoms with E-state index in [1.165, 1.54) is 45.1 Å². The Kier molecular flexibility index (Phi) is 4.26. The number of nitrogens with zero attached hydrogens (tertiary/aromatic N) is 1. The Labute approximate surface area is 101 Å². The van der Waals surface area contributed by atoms with Gasteiger partial charge in [-0.25, -0.2) is 0 Å². The molecular weight excluding hydrogens is 196 g/mol. The van der Waals surface area contributed by atoms with E-state index in [1.807, 2.05) is 0 Å². The number of rotatable bonds is 3. The molecule has 16 heavy (non-hydrogen) atoms. The van der Waals surface area contributed by atoms with E-state index in [4.69, 9.17) is 0 Å². The maximum absolute atomic E-state index is 3.87. The summed E-state index contributed by atoms with van der Waals surface area (Å²) in [6, 6.07) is 2.22. The number of likely N-dealkylation sites (tertiary alicyclic amines) is 1. The molecule has 0 radical (unpaired) electrons. The summed E-state index contributed by atoms with van der Waals surface area (Å²) in [5.41, 5.74) is 0. The molecule has 2 unspecified atom stereocenters. The van der Waals surface area contributed by atoms with Crippen LogP contribution < -0.4 is 5.32 Å². The maximum atomic E-state index is 3.87. The van der Waals surface area contributed by atoms with Crippen LogP contribution in [0.5, 0.6) is 0 Å². The summed E-state index contributed by atoms with van der Waals surface area (Å²) in [6.45, 7) is 5.98. The molecule has 2 rings (SSSR count). The number of hydrogen-bond donors (Lipinski definition) is 1. The summed E-state index contributed by atoms with van der Waals surface area (Å²) >= 11 is 0. The van der Waals surface area contributed by atoms with Crippen molar-refractivity contribution in [2.75, 3.05) is 13.6 Å². The predicted octanol–water partition coefficient (Wildman–Crippen LogP) is 2.64. The van der Waals surface area contributed by atoms with Gasteiger partial charge in [-0.15, -0.1) is 0 Å². The van der Waals surface area contributed by atoms with Gasteiger partial charge in [-0.3, -0.25) is 0 Å². The van der Waals surface area contributed by atoms with Gasteiger partial charge in [0.1, 0.15) is 0 Å². The lowest BCUT2D eigenvalue weighted by Gasteiger charge is -2.30. The Morgan fingerprint density at radius 3 is 2.44 bits per heavy atom. The molecule has 1 N–H and O–H groups in total. The van der Waals surface area contributed by atoms with E-state index < -0.39 is 0 Å². The van der Waals surface area contributed by atoms with Crippen LogP contribution in [0.1, 0.15) is 52.4 Å². The minimum absolute atomic E-state index is 0.726. The Bertz CT molecular complexity index is 201. The summed E-state index contributed by atoms with van der Waals surface area (Å²) < 4.78 is 0. The predicted molar refractivity (Wildman–Crippen MR) is 69.7 cm³/mol. The molecule has 0 aromatic carbocycles. The largest absolute Gasteiger partial charge is 0.310 e. The molecule has 0 aromatic rings. The average molecular weight is 224 g/mol. The van der Waals surface area contributed by atoms with Gasteiger partial charge in [0.25, 0.3) is 0 Å². The zero-order valence-corrected chi connectivity index (χ0v) is 11.2. The van der Waals surface area contributed by atoms with Crippen LogP contribution in [-0.2, 0) is 0 Å². The lowest BCUT2D eigenvalue weighted by molar-refractivity contribution is 0.262. The van der Waals surface area contributed by atoms with Crippen molar-refractivity contribution >= 4 is 0 Å². The van der Waals surface area contributed by atoms with Gasteiger partial charge in [-0.1, -0.05) is 19.3 Å². The molecule has 0 amide bonds. The molecule has 2 heteroatoms. The zero-order chi connectivity index (χ0) is 11.5. The molecular formula is C14H28N2. The third-order valence-electron chi connectivity index (χ3n) is 4.74. The van der Waals surface area contributed by atoms with Crippen molar-refractivity contribution in [3.05, 3.63) is 0 Å². The molecule has 1 saturated carbocycles. The minimum Gasteiger partial charge on any atom is -0.310 e. The first kappa shape index (κ1) is 12.4. The fourth-order valence-corrected chi connectivity index (χ4v) is 3.46. The van der Waals surface area contributed by atoms with Gasteiger partial charge in [-0.05, 0) is 46.1 Å². The monoisotopic (exact) mass is 224 g/mol. The highest BCUT2D eigenvalue weighted by molar-refractivity contribution is 4.88. The minimum atomic E-state index is 0.726. The third-order valence-corrected chi connectivity index (χ3v) is 4.74. The number of hydrogen-bond acceptors (Lipinski definition) is 2. The molecule has 2 aliphatic rings. The topological polar surface area (TPSA) is 15.3 Å². The van der Waals surface area contributed by atoms with E-state index in [-0.39, 0.29) is 0 Å². The highest BCUT2D eigenvalue weighted by atomic mass is 15.2. The van der Waals surface area contributed by atoms with E-state index in [2.05, 4.69) is 31.1 Å². The van der Waals surface area contributed by atoms with Gasteiger partial charge in [0.2, 0.25) is 0 Å². The first-order valence-electron chi connectivity index (χ1n) is 7.13. The van der Waals surface area contributed by atoms with Gasteiger partial charge in [0.05, 0.1) is 0 Å². The Morgan fingerprint density at radius 2 is 1.88 bits per heavy atom. The first-order valence-corrected chi connectivity index (χ1v) is 7.13. The smallest absolute Gasteiger partial charge is 0.0212 e. The van der Waals surface area contributed by atoms with Crippen molar-refractivity contribution < 1.29 is 0 Å². The Hall–Kier alpha value is -0.0800. The molecule has 1 saturated heterocycles. The summed E-state index contributed by atoms with van der Waals surface area (Å²) in [5, 5.41) is 3.87. The van der Waals surface area contributed by atoms with Crippen LogP contribution in [0.15, 0.2) is 0 Å². The number of likely N-dealkylation sites (N-methyl/N-ethyl adjacent to an activating group) is 1. The summed E-state index contributed by atoms with van der Waals surface area (Å²) in [5.74, 6) is 0.940. The van der Waals surface area contributed by atoms with E-state index in [9.17, 15) is 0 Å². The third kappa shape index (κ3) is 2.98. The van der Waals surface area contributed by atoms with Crippen LogP contribution in [0, 0.1) is 5.92 Å². The van der Waals surface area contributed by atoms with Crippen molar-refractivity contribution in [2.24, 2.45) is 5.92 Å². The summed E-state index contributed by atoms with van der Waals surface area (Å²) in [4.78, 5) is 2.48. The molecule has 94 valence electrons. The van der Waals surface area contributed by atoms with Crippen LogP contribution in [0.3, 0.4) is 0 Å². The van der Waals surface area contributed by atoms with Crippen molar-refractivity contribution in [1.82, 2.24) is 10.2 Å². The van der Waals surface area contributed by atoms with Crippen LogP contribution >= 0.6 is 0 Å². The van der Waals surface area contributed by atoms with E-state index >= 15 is 0 Å². The second-order valence-corrected chi connectivity index (χ2v) is 6.07. The van der Waals surface area contributed by atoms with E-state index in [0.717, 1.165) is 24.0 Å². The highest BCUT2D eigenvalue weighted by Gasteiger charge is 2.29. The van der Waals surface area contributed by atoms with Gasteiger partial charge < -0.3 is 10.2 Å². The Morgan fingerprint density at radius 1 is 1.19 bits per heavy atom. The molecule has 2 nitrogen and oxygen atoms in total. The van der Waals surface area contributed by atoms with Crippen molar-refractivity contribution in [3.63, 3.8) is 0 Å². The molecule has 0 bridgehead atoms. The second kappa shape index (κ2) is 5.50. The lowest BCUT2D eigenvalue weighted by Crippen LogP contribution is -2.42. The zero-order valence-electron chi connectivity index (χ0n) is 11.2. The summed E-state index contributed by atoms with van der Waals surface area (Å²) in [6.07, 6.45) is 8.61. The number of nitrogens with one attached hydrogen (secondary N) is 1. The van der Waals surface area contributed by atoms with Gasteiger partial charge in [0.15, 0.2) is 0 Å². The van der Waals surface area contributed by atoms with Crippen LogP contribution in [-0.4, -0.2) is 36.6 Å². The quantitative estimate of drug-likeness (QED) is 0.793. The first-order chi connectivity index (χ1) is 7.66. The van der Waals surface area contributed by atoms with Crippen molar-refractivity contribution in [1.29, 1.82) is 0 Å². The van der Waals surface area contributed by atoms with Gasteiger partial charge in [0, 0.05) is 24.7 Å². The molecule has 0 spiro atoms. The second-order valence-electron chi connectivity index (χ2n) is 6.07. The molecule has 2 fully saturated rings. The fourth-order valence-electron chi connectivity index (χ4n) is 3.46. The SMILES string of the molecule is CC1CC(N[C@@H](C)C2CCCCC2)CN1C. The molecule has 3 atom stereocenters. The van der Waals surface area contributed by atoms with E-state index in [0.29, 0.717) is 0 Å². The summed E-state index contributed by atoms with van der Waals surface area (Å²) in [7, 11) is 2.25.